The average Bonchev–Trinajstić information content (AvgIpc) is 3.23. The molecule has 1 aliphatic rings. The number of aromatic amines is 1. The van der Waals surface area contributed by atoms with E-state index in [4.69, 9.17) is 9.47 Å². The molecule has 4 rings (SSSR count). The molecule has 0 spiro atoms. The van der Waals surface area contributed by atoms with Crippen molar-refractivity contribution >= 4 is 16.8 Å². The Morgan fingerprint density at radius 2 is 2.12 bits per heavy atom. The minimum absolute atomic E-state index is 0.00387. The van der Waals surface area contributed by atoms with Crippen molar-refractivity contribution in [2.24, 2.45) is 0 Å². The van der Waals surface area contributed by atoms with Crippen molar-refractivity contribution in [2.45, 2.75) is 12.5 Å². The number of benzene rings is 2. The molecule has 5 heteroatoms. The van der Waals surface area contributed by atoms with E-state index in [-0.39, 0.29) is 12.0 Å². The predicted octanol–water partition coefficient (Wildman–Crippen LogP) is 3.25. The van der Waals surface area contributed by atoms with Crippen LogP contribution in [0.25, 0.3) is 10.9 Å². The molecule has 1 aromatic heterocycles. The van der Waals surface area contributed by atoms with Crippen LogP contribution in [-0.4, -0.2) is 42.6 Å². The maximum Gasteiger partial charge on any atom is 0.270 e. The number of nitrogens with one attached hydrogen (secondary N) is 1. The highest BCUT2D eigenvalue weighted by Crippen LogP contribution is 2.28. The lowest BCUT2D eigenvalue weighted by atomic mass is 10.1. The van der Waals surface area contributed by atoms with Gasteiger partial charge in [0.25, 0.3) is 5.91 Å². The molecule has 128 valence electrons. The van der Waals surface area contributed by atoms with Gasteiger partial charge in [0.15, 0.2) is 0 Å². The topological polar surface area (TPSA) is 54.6 Å². The third-order valence-electron chi connectivity index (χ3n) is 4.60. The number of rotatable bonds is 4. The van der Waals surface area contributed by atoms with E-state index in [0.717, 1.165) is 28.8 Å². The van der Waals surface area contributed by atoms with Crippen molar-refractivity contribution in [3.8, 4) is 11.5 Å². The summed E-state index contributed by atoms with van der Waals surface area (Å²) in [5.41, 5.74) is 2.69. The van der Waals surface area contributed by atoms with Gasteiger partial charge in [-0.15, -0.1) is 0 Å². The van der Waals surface area contributed by atoms with Crippen LogP contribution in [0.4, 0.5) is 0 Å². The van der Waals surface area contributed by atoms with Crippen LogP contribution in [0.3, 0.4) is 0 Å². The summed E-state index contributed by atoms with van der Waals surface area (Å²) in [6.45, 7) is 0.548. The Kier molecular flexibility index (Phi) is 3.84. The van der Waals surface area contributed by atoms with E-state index in [9.17, 15) is 4.79 Å². The van der Waals surface area contributed by atoms with Crippen molar-refractivity contribution in [1.82, 2.24) is 9.88 Å². The third-order valence-corrected chi connectivity index (χ3v) is 4.60. The van der Waals surface area contributed by atoms with Gasteiger partial charge in [-0.25, -0.2) is 0 Å². The number of carbonyl (C=O) groups excluding carboxylic acids is 1. The van der Waals surface area contributed by atoms with E-state index in [1.807, 2.05) is 42.5 Å². The zero-order valence-electron chi connectivity index (χ0n) is 14.3. The number of nitrogens with zero attached hydrogens (tertiary/aromatic N) is 1. The summed E-state index contributed by atoms with van der Waals surface area (Å²) in [5.74, 6) is 1.65. The average molecular weight is 336 g/mol. The fourth-order valence-corrected chi connectivity index (χ4v) is 3.30. The molecule has 0 saturated carbocycles. The van der Waals surface area contributed by atoms with E-state index < -0.39 is 0 Å². The van der Waals surface area contributed by atoms with Crippen LogP contribution in [0.5, 0.6) is 11.5 Å². The fourth-order valence-electron chi connectivity index (χ4n) is 3.30. The first kappa shape index (κ1) is 15.6. The maximum atomic E-state index is 12.7. The zero-order valence-corrected chi connectivity index (χ0v) is 14.3. The Morgan fingerprint density at radius 3 is 2.92 bits per heavy atom. The van der Waals surface area contributed by atoms with Crippen molar-refractivity contribution in [2.75, 3.05) is 20.7 Å². The number of likely N-dealkylation sites (N-methyl/N-ethyl adjacent to an activating group) is 1. The Balaban J connectivity index is 1.47. The van der Waals surface area contributed by atoms with Gasteiger partial charge in [-0.1, -0.05) is 18.2 Å². The molecule has 1 unspecified atom stereocenters. The molecule has 25 heavy (non-hydrogen) atoms. The van der Waals surface area contributed by atoms with Gasteiger partial charge < -0.3 is 19.4 Å². The molecular formula is C20H20N2O3. The normalized spacial score (nSPS) is 15.7. The van der Waals surface area contributed by atoms with Gasteiger partial charge in [0, 0.05) is 24.4 Å². The largest absolute Gasteiger partial charge is 0.497 e. The number of H-pyrrole nitrogens is 1. The van der Waals surface area contributed by atoms with Crippen LogP contribution >= 0.6 is 0 Å². The maximum absolute atomic E-state index is 12.7. The second-order valence-electron chi connectivity index (χ2n) is 6.37. The highest BCUT2D eigenvalue weighted by Gasteiger charge is 2.26. The first-order valence-corrected chi connectivity index (χ1v) is 8.31. The van der Waals surface area contributed by atoms with Gasteiger partial charge in [0.05, 0.1) is 13.7 Å². The molecular weight excluding hydrogens is 316 g/mol. The quantitative estimate of drug-likeness (QED) is 0.796. The number of aromatic nitrogens is 1. The Labute approximate surface area is 146 Å². The van der Waals surface area contributed by atoms with Crippen LogP contribution in [0.2, 0.25) is 0 Å². The molecule has 1 N–H and O–H groups in total. The first-order valence-electron chi connectivity index (χ1n) is 8.31. The van der Waals surface area contributed by atoms with Crippen LogP contribution in [0, 0.1) is 0 Å². The lowest BCUT2D eigenvalue weighted by Gasteiger charge is -2.20. The number of hydrogen-bond acceptors (Lipinski definition) is 3. The molecule has 0 saturated heterocycles. The molecule has 1 atom stereocenters. The standard InChI is InChI=1S/C20H20N2O3/c1-22(12-16-9-13-5-3-4-6-19(13)25-16)20(23)18-11-14-10-15(24-2)7-8-17(14)21-18/h3-8,10-11,16,21H,9,12H2,1-2H3. The fraction of sp³-hybridized carbons (Fsp3) is 0.250. The van der Waals surface area contributed by atoms with E-state index >= 15 is 0 Å². The molecule has 2 heterocycles. The number of hydrogen-bond donors (Lipinski definition) is 1. The number of fused-ring (bicyclic) bond motifs is 2. The highest BCUT2D eigenvalue weighted by molar-refractivity contribution is 5.98. The SMILES string of the molecule is COc1ccc2[nH]c(C(=O)N(C)CC3Cc4ccccc4O3)cc2c1. The number of amides is 1. The van der Waals surface area contributed by atoms with E-state index in [1.165, 1.54) is 5.56 Å². The van der Waals surface area contributed by atoms with E-state index in [1.54, 1.807) is 19.1 Å². The van der Waals surface area contributed by atoms with E-state index in [0.29, 0.717) is 12.2 Å². The first-order chi connectivity index (χ1) is 12.1. The number of methoxy groups -OCH3 is 1. The summed E-state index contributed by atoms with van der Waals surface area (Å²) < 4.78 is 11.2. The summed E-state index contributed by atoms with van der Waals surface area (Å²) >= 11 is 0. The molecule has 2 aromatic carbocycles. The molecule has 0 aliphatic carbocycles. The third kappa shape index (κ3) is 2.93. The minimum Gasteiger partial charge on any atom is -0.497 e. The van der Waals surface area contributed by atoms with E-state index in [2.05, 4.69) is 11.1 Å². The number of para-hydroxylation sites is 1. The highest BCUT2D eigenvalue weighted by atomic mass is 16.5. The van der Waals surface area contributed by atoms with Crippen molar-refractivity contribution in [3.63, 3.8) is 0 Å². The summed E-state index contributed by atoms with van der Waals surface area (Å²) in [6.07, 6.45) is 0.827. The second-order valence-corrected chi connectivity index (χ2v) is 6.37. The van der Waals surface area contributed by atoms with Gasteiger partial charge in [-0.2, -0.15) is 0 Å². The zero-order chi connectivity index (χ0) is 17.4. The smallest absolute Gasteiger partial charge is 0.270 e. The van der Waals surface area contributed by atoms with Gasteiger partial charge in [-0.3, -0.25) is 4.79 Å². The van der Waals surface area contributed by atoms with Crippen LogP contribution in [0.1, 0.15) is 16.1 Å². The molecule has 3 aromatic rings. The second kappa shape index (κ2) is 6.16. The summed E-state index contributed by atoms with van der Waals surface area (Å²) in [6, 6.07) is 15.6. The van der Waals surface area contributed by atoms with Crippen molar-refractivity contribution in [1.29, 1.82) is 0 Å². The Hall–Kier alpha value is -2.95. The van der Waals surface area contributed by atoms with Crippen molar-refractivity contribution in [3.05, 3.63) is 59.8 Å². The Morgan fingerprint density at radius 1 is 1.28 bits per heavy atom. The minimum atomic E-state index is -0.0466. The monoisotopic (exact) mass is 336 g/mol. The lowest BCUT2D eigenvalue weighted by molar-refractivity contribution is 0.0725. The summed E-state index contributed by atoms with van der Waals surface area (Å²) in [5, 5.41) is 0.959. The number of ether oxygens (including phenoxy) is 2. The summed E-state index contributed by atoms with van der Waals surface area (Å²) in [7, 11) is 3.44. The molecule has 0 radical (unpaired) electrons. The molecule has 1 amide bonds. The molecule has 1 aliphatic heterocycles. The van der Waals surface area contributed by atoms with Crippen LogP contribution in [-0.2, 0) is 6.42 Å². The van der Waals surface area contributed by atoms with Gasteiger partial charge in [-0.05, 0) is 35.9 Å². The lowest BCUT2D eigenvalue weighted by Crippen LogP contribution is -2.36. The summed E-state index contributed by atoms with van der Waals surface area (Å²) in [4.78, 5) is 17.6. The van der Waals surface area contributed by atoms with Crippen LogP contribution < -0.4 is 9.47 Å². The van der Waals surface area contributed by atoms with Crippen molar-refractivity contribution < 1.29 is 14.3 Å². The van der Waals surface area contributed by atoms with Gasteiger partial charge in [0.1, 0.15) is 23.3 Å². The molecule has 0 fully saturated rings. The van der Waals surface area contributed by atoms with Gasteiger partial charge >= 0.3 is 0 Å². The number of carbonyl (C=O) groups is 1. The predicted molar refractivity (Wildman–Crippen MR) is 96.4 cm³/mol. The Bertz CT molecular complexity index is 907. The van der Waals surface area contributed by atoms with Crippen LogP contribution in [0.15, 0.2) is 48.5 Å². The molecule has 0 bridgehead atoms. The molecule has 5 nitrogen and oxygen atoms in total. The van der Waals surface area contributed by atoms with Gasteiger partial charge in [0.2, 0.25) is 0 Å².